The van der Waals surface area contributed by atoms with Crippen molar-refractivity contribution in [2.45, 2.75) is 67.4 Å². The topological polar surface area (TPSA) is 9.23 Å². The summed E-state index contributed by atoms with van der Waals surface area (Å²) in [6, 6.07) is 0. The Labute approximate surface area is 79.5 Å². The molecule has 0 aromatic heterocycles. The first-order valence-corrected chi connectivity index (χ1v) is 5.42. The van der Waals surface area contributed by atoms with Crippen molar-refractivity contribution in [3.63, 3.8) is 0 Å². The van der Waals surface area contributed by atoms with Gasteiger partial charge in [-0.2, -0.15) is 0 Å². The molecule has 0 bridgehead atoms. The lowest BCUT2D eigenvalue weighted by Crippen LogP contribution is -2.06. The summed E-state index contributed by atoms with van der Waals surface area (Å²) in [6.45, 7) is 15.2. The fourth-order valence-corrected chi connectivity index (χ4v) is 0.774. The zero-order valence-electron chi connectivity index (χ0n) is 10.1. The first-order valence-electron chi connectivity index (χ1n) is 5.42. The first-order chi connectivity index (χ1) is 5.81. The average molecular weight is 176 g/mol. The SMILES string of the molecule is CC.CC.CCCC(C)OCC. The van der Waals surface area contributed by atoms with Crippen molar-refractivity contribution in [1.82, 2.24) is 0 Å². The summed E-state index contributed by atoms with van der Waals surface area (Å²) in [5.74, 6) is 0. The van der Waals surface area contributed by atoms with E-state index in [4.69, 9.17) is 4.74 Å². The third kappa shape index (κ3) is 22.5. The van der Waals surface area contributed by atoms with Crippen molar-refractivity contribution in [1.29, 1.82) is 0 Å². The minimum Gasteiger partial charge on any atom is -0.379 e. The van der Waals surface area contributed by atoms with E-state index in [2.05, 4.69) is 13.8 Å². The Balaban J connectivity index is -0.000000175. The standard InChI is InChI=1S/C7H16O.2C2H6/c1-4-6-7(3)8-5-2;2*1-2/h7H,4-6H2,1-3H3;2*1-2H3. The molecule has 1 unspecified atom stereocenters. The number of hydrogen-bond acceptors (Lipinski definition) is 1. The number of rotatable bonds is 4. The van der Waals surface area contributed by atoms with Crippen LogP contribution in [-0.4, -0.2) is 12.7 Å². The Bertz CT molecular complexity index is 38.3. The molecule has 0 fully saturated rings. The maximum Gasteiger partial charge on any atom is 0.0546 e. The summed E-state index contributed by atoms with van der Waals surface area (Å²) < 4.78 is 5.28. The van der Waals surface area contributed by atoms with E-state index in [1.165, 1.54) is 12.8 Å². The van der Waals surface area contributed by atoms with Crippen LogP contribution in [0.15, 0.2) is 0 Å². The molecule has 1 nitrogen and oxygen atoms in total. The van der Waals surface area contributed by atoms with Gasteiger partial charge in [-0.15, -0.1) is 0 Å². The number of ether oxygens (including phenoxy) is 1. The Hall–Kier alpha value is -0.0400. The maximum absolute atomic E-state index is 5.28. The molecule has 0 aliphatic carbocycles. The summed E-state index contributed by atoms with van der Waals surface area (Å²) in [4.78, 5) is 0. The molecule has 0 aliphatic rings. The van der Waals surface area contributed by atoms with Gasteiger partial charge in [0.05, 0.1) is 6.10 Å². The molecule has 1 heteroatoms. The first kappa shape index (κ1) is 17.9. The van der Waals surface area contributed by atoms with Gasteiger partial charge in [-0.3, -0.25) is 0 Å². The van der Waals surface area contributed by atoms with Crippen molar-refractivity contribution in [2.24, 2.45) is 0 Å². The van der Waals surface area contributed by atoms with Crippen molar-refractivity contribution in [3.8, 4) is 0 Å². The van der Waals surface area contributed by atoms with Gasteiger partial charge in [0, 0.05) is 6.61 Å². The smallest absolute Gasteiger partial charge is 0.0546 e. The molecule has 0 rings (SSSR count). The third-order valence-corrected chi connectivity index (χ3v) is 1.15. The minimum absolute atomic E-state index is 0.463. The van der Waals surface area contributed by atoms with Gasteiger partial charge in [0.2, 0.25) is 0 Å². The predicted molar refractivity (Wildman–Crippen MR) is 58.7 cm³/mol. The largest absolute Gasteiger partial charge is 0.379 e. The zero-order valence-corrected chi connectivity index (χ0v) is 10.1. The lowest BCUT2D eigenvalue weighted by molar-refractivity contribution is 0.0699. The molecule has 0 saturated heterocycles. The van der Waals surface area contributed by atoms with Crippen LogP contribution in [0.4, 0.5) is 0 Å². The summed E-state index contributed by atoms with van der Waals surface area (Å²) in [5, 5.41) is 0. The van der Waals surface area contributed by atoms with Crippen LogP contribution in [0.3, 0.4) is 0 Å². The second-order valence-corrected chi connectivity index (χ2v) is 2.05. The third-order valence-electron chi connectivity index (χ3n) is 1.15. The van der Waals surface area contributed by atoms with E-state index in [0.717, 1.165) is 6.61 Å². The van der Waals surface area contributed by atoms with Crippen LogP contribution in [0.5, 0.6) is 0 Å². The second kappa shape index (κ2) is 22.4. The molecule has 0 aliphatic heterocycles. The maximum atomic E-state index is 5.28. The molecular weight excluding hydrogens is 148 g/mol. The van der Waals surface area contributed by atoms with E-state index in [1.54, 1.807) is 0 Å². The highest BCUT2D eigenvalue weighted by Crippen LogP contribution is 1.98. The van der Waals surface area contributed by atoms with Crippen molar-refractivity contribution >= 4 is 0 Å². The zero-order chi connectivity index (χ0) is 10.4. The van der Waals surface area contributed by atoms with Crippen molar-refractivity contribution in [3.05, 3.63) is 0 Å². The highest BCUT2D eigenvalue weighted by molar-refractivity contribution is 4.45. The average Bonchev–Trinajstić information content (AvgIpc) is 2.12. The molecule has 12 heavy (non-hydrogen) atoms. The Morgan fingerprint density at radius 2 is 1.42 bits per heavy atom. The Morgan fingerprint density at radius 3 is 1.67 bits per heavy atom. The van der Waals surface area contributed by atoms with E-state index in [0.29, 0.717) is 6.10 Å². The fourth-order valence-electron chi connectivity index (χ4n) is 0.774. The van der Waals surface area contributed by atoms with Gasteiger partial charge >= 0.3 is 0 Å². The van der Waals surface area contributed by atoms with Gasteiger partial charge in [0.1, 0.15) is 0 Å². The molecule has 78 valence electrons. The molecule has 0 saturated carbocycles. The van der Waals surface area contributed by atoms with Gasteiger partial charge in [0.25, 0.3) is 0 Å². The molecular formula is C11H28O. The van der Waals surface area contributed by atoms with Crippen molar-refractivity contribution in [2.75, 3.05) is 6.61 Å². The van der Waals surface area contributed by atoms with Crippen LogP contribution in [-0.2, 0) is 4.74 Å². The predicted octanol–water partition coefficient (Wildman–Crippen LogP) is 4.26. The van der Waals surface area contributed by atoms with Crippen LogP contribution in [0.25, 0.3) is 0 Å². The van der Waals surface area contributed by atoms with Crippen LogP contribution in [0.2, 0.25) is 0 Å². The molecule has 0 heterocycles. The quantitative estimate of drug-likeness (QED) is 0.621. The van der Waals surface area contributed by atoms with Crippen molar-refractivity contribution < 1.29 is 4.74 Å². The normalized spacial score (nSPS) is 10.2. The van der Waals surface area contributed by atoms with E-state index < -0.39 is 0 Å². The molecule has 1 atom stereocenters. The monoisotopic (exact) mass is 176 g/mol. The van der Waals surface area contributed by atoms with E-state index >= 15 is 0 Å². The van der Waals surface area contributed by atoms with Gasteiger partial charge in [0.15, 0.2) is 0 Å². The van der Waals surface area contributed by atoms with Crippen LogP contribution < -0.4 is 0 Å². The molecule has 0 radical (unpaired) electrons. The van der Waals surface area contributed by atoms with Crippen LogP contribution in [0, 0.1) is 0 Å². The lowest BCUT2D eigenvalue weighted by atomic mass is 10.2. The highest BCUT2D eigenvalue weighted by Gasteiger charge is 1.95. The molecule has 0 aromatic carbocycles. The Morgan fingerprint density at radius 1 is 1.00 bits per heavy atom. The highest BCUT2D eigenvalue weighted by atomic mass is 16.5. The Kier molecular flexibility index (Phi) is 33.5. The van der Waals surface area contributed by atoms with Crippen LogP contribution in [0.1, 0.15) is 61.3 Å². The second-order valence-electron chi connectivity index (χ2n) is 2.05. The van der Waals surface area contributed by atoms with Crippen LogP contribution >= 0.6 is 0 Å². The van der Waals surface area contributed by atoms with Gasteiger partial charge in [-0.1, -0.05) is 41.0 Å². The molecule has 0 aromatic rings. The summed E-state index contributed by atoms with van der Waals surface area (Å²) in [5.41, 5.74) is 0. The fraction of sp³-hybridized carbons (Fsp3) is 1.00. The minimum atomic E-state index is 0.463. The molecule has 0 spiro atoms. The van der Waals surface area contributed by atoms with Gasteiger partial charge in [-0.05, 0) is 20.3 Å². The summed E-state index contributed by atoms with van der Waals surface area (Å²) in [6.07, 6.45) is 2.87. The van der Waals surface area contributed by atoms with E-state index in [9.17, 15) is 0 Å². The lowest BCUT2D eigenvalue weighted by Gasteiger charge is -2.08. The number of hydrogen-bond donors (Lipinski definition) is 0. The molecule has 0 N–H and O–H groups in total. The summed E-state index contributed by atoms with van der Waals surface area (Å²) >= 11 is 0. The van der Waals surface area contributed by atoms with E-state index in [1.807, 2.05) is 34.6 Å². The molecule has 0 amide bonds. The van der Waals surface area contributed by atoms with Gasteiger partial charge < -0.3 is 4.74 Å². The summed E-state index contributed by atoms with van der Waals surface area (Å²) in [7, 11) is 0. The van der Waals surface area contributed by atoms with Gasteiger partial charge in [-0.25, -0.2) is 0 Å². The van der Waals surface area contributed by atoms with E-state index in [-0.39, 0.29) is 0 Å².